The summed E-state index contributed by atoms with van der Waals surface area (Å²) < 4.78 is 7.19. The van der Waals surface area contributed by atoms with Crippen LogP contribution in [0.15, 0.2) is 18.3 Å². The molecule has 0 aliphatic carbocycles. The number of esters is 1. The summed E-state index contributed by atoms with van der Waals surface area (Å²) >= 11 is 0. The molecule has 0 aliphatic rings. The van der Waals surface area contributed by atoms with Crippen molar-refractivity contribution >= 4 is 17.1 Å². The van der Waals surface area contributed by atoms with Gasteiger partial charge in [-0.25, -0.2) is 9.97 Å². The van der Waals surface area contributed by atoms with Gasteiger partial charge >= 0.3 is 5.97 Å². The SMILES string of the molecule is CCOC(=O)C(C)(C)c1nc2cccnc2n1C(C)C. The lowest BCUT2D eigenvalue weighted by atomic mass is 9.92. The minimum Gasteiger partial charge on any atom is -0.465 e. The quantitative estimate of drug-likeness (QED) is 0.805. The van der Waals surface area contributed by atoms with Gasteiger partial charge in [0.05, 0.1) is 6.61 Å². The van der Waals surface area contributed by atoms with Gasteiger partial charge in [-0.3, -0.25) is 4.79 Å². The number of ether oxygens (including phenoxy) is 1. The minimum absolute atomic E-state index is 0.165. The number of nitrogens with zero attached hydrogens (tertiary/aromatic N) is 3. The van der Waals surface area contributed by atoms with Crippen LogP contribution in [0, 0.1) is 0 Å². The van der Waals surface area contributed by atoms with E-state index in [4.69, 9.17) is 4.74 Å². The Bertz CT molecular complexity index is 629. The van der Waals surface area contributed by atoms with Gasteiger partial charge in [-0.2, -0.15) is 0 Å². The maximum absolute atomic E-state index is 12.2. The van der Waals surface area contributed by atoms with Crippen LogP contribution in [0.5, 0.6) is 0 Å². The molecular weight excluding hydrogens is 254 g/mol. The number of carbonyl (C=O) groups excluding carboxylic acids is 1. The summed E-state index contributed by atoms with van der Waals surface area (Å²) in [5.74, 6) is 0.428. The van der Waals surface area contributed by atoms with Crippen LogP contribution in [0.4, 0.5) is 0 Å². The molecule has 20 heavy (non-hydrogen) atoms. The van der Waals surface area contributed by atoms with E-state index in [9.17, 15) is 4.79 Å². The number of rotatable bonds is 4. The zero-order valence-corrected chi connectivity index (χ0v) is 12.7. The molecule has 108 valence electrons. The summed E-state index contributed by atoms with van der Waals surface area (Å²) in [6.07, 6.45) is 1.74. The second-order valence-electron chi connectivity index (χ2n) is 5.59. The molecule has 0 radical (unpaired) electrons. The van der Waals surface area contributed by atoms with E-state index in [0.717, 1.165) is 11.2 Å². The van der Waals surface area contributed by atoms with Crippen molar-refractivity contribution in [3.8, 4) is 0 Å². The second-order valence-corrected chi connectivity index (χ2v) is 5.59. The first-order chi connectivity index (χ1) is 9.39. The molecule has 2 aromatic rings. The first-order valence-corrected chi connectivity index (χ1v) is 6.90. The molecule has 0 fully saturated rings. The van der Waals surface area contributed by atoms with Crippen LogP contribution in [0.1, 0.15) is 46.5 Å². The highest BCUT2D eigenvalue weighted by Crippen LogP contribution is 2.29. The number of hydrogen-bond donors (Lipinski definition) is 0. The van der Waals surface area contributed by atoms with Crippen molar-refractivity contribution < 1.29 is 9.53 Å². The highest BCUT2D eigenvalue weighted by molar-refractivity contribution is 5.83. The molecule has 0 N–H and O–H groups in total. The summed E-state index contributed by atoms with van der Waals surface area (Å²) in [5, 5.41) is 0. The van der Waals surface area contributed by atoms with Crippen molar-refractivity contribution in [1.82, 2.24) is 14.5 Å². The van der Waals surface area contributed by atoms with Gasteiger partial charge in [-0.1, -0.05) is 0 Å². The lowest BCUT2D eigenvalue weighted by molar-refractivity contribution is -0.149. The van der Waals surface area contributed by atoms with Crippen LogP contribution in [-0.4, -0.2) is 27.1 Å². The monoisotopic (exact) mass is 275 g/mol. The molecule has 0 aliphatic heterocycles. The number of aromatic nitrogens is 3. The fraction of sp³-hybridized carbons (Fsp3) is 0.533. The van der Waals surface area contributed by atoms with E-state index in [1.54, 1.807) is 13.1 Å². The van der Waals surface area contributed by atoms with Gasteiger partial charge < -0.3 is 9.30 Å². The summed E-state index contributed by atoms with van der Waals surface area (Å²) in [6.45, 7) is 9.96. The lowest BCUT2D eigenvalue weighted by Gasteiger charge is -2.24. The Labute approximate surface area is 119 Å². The smallest absolute Gasteiger partial charge is 0.319 e. The summed E-state index contributed by atoms with van der Waals surface area (Å²) in [7, 11) is 0. The van der Waals surface area contributed by atoms with Gasteiger partial charge in [0.1, 0.15) is 16.8 Å². The normalized spacial score (nSPS) is 12.1. The summed E-state index contributed by atoms with van der Waals surface area (Å²) in [4.78, 5) is 21.2. The van der Waals surface area contributed by atoms with E-state index in [-0.39, 0.29) is 12.0 Å². The Morgan fingerprint density at radius 3 is 2.75 bits per heavy atom. The Kier molecular flexibility index (Phi) is 3.79. The van der Waals surface area contributed by atoms with Crippen molar-refractivity contribution in [3.63, 3.8) is 0 Å². The summed E-state index contributed by atoms with van der Waals surface area (Å²) in [5.41, 5.74) is 0.796. The van der Waals surface area contributed by atoms with E-state index in [1.807, 2.05) is 30.5 Å². The molecule has 0 aromatic carbocycles. The Morgan fingerprint density at radius 1 is 1.45 bits per heavy atom. The average molecular weight is 275 g/mol. The third-order valence-electron chi connectivity index (χ3n) is 3.31. The Hall–Kier alpha value is -1.91. The molecule has 0 amide bonds. The molecular formula is C15H21N3O2. The second kappa shape index (κ2) is 5.23. The molecule has 0 saturated heterocycles. The first kappa shape index (κ1) is 14.5. The molecule has 5 heteroatoms. The van der Waals surface area contributed by atoms with E-state index >= 15 is 0 Å². The largest absolute Gasteiger partial charge is 0.465 e. The molecule has 0 unspecified atom stereocenters. The molecule has 2 heterocycles. The molecule has 5 nitrogen and oxygen atoms in total. The standard InChI is InChI=1S/C15H21N3O2/c1-6-20-14(19)15(4,5)13-17-11-8-7-9-16-12(11)18(13)10(2)3/h7-10H,6H2,1-5H3. The van der Waals surface area contributed by atoms with Crippen LogP contribution in [-0.2, 0) is 14.9 Å². The van der Waals surface area contributed by atoms with E-state index < -0.39 is 5.41 Å². The predicted molar refractivity (Wildman–Crippen MR) is 77.6 cm³/mol. The van der Waals surface area contributed by atoms with Crippen LogP contribution in [0.25, 0.3) is 11.2 Å². The highest BCUT2D eigenvalue weighted by Gasteiger charge is 2.37. The predicted octanol–water partition coefficient (Wildman–Crippen LogP) is 2.85. The van der Waals surface area contributed by atoms with Gasteiger partial charge in [0.15, 0.2) is 5.65 Å². The van der Waals surface area contributed by atoms with E-state index in [1.165, 1.54) is 0 Å². The third kappa shape index (κ3) is 2.28. The summed E-state index contributed by atoms with van der Waals surface area (Å²) in [6, 6.07) is 3.92. The number of imidazole rings is 1. The van der Waals surface area contributed by atoms with Crippen LogP contribution >= 0.6 is 0 Å². The van der Waals surface area contributed by atoms with Crippen LogP contribution in [0.3, 0.4) is 0 Å². The molecule has 0 atom stereocenters. The number of fused-ring (bicyclic) bond motifs is 1. The number of hydrogen-bond acceptors (Lipinski definition) is 4. The zero-order chi connectivity index (χ0) is 14.9. The van der Waals surface area contributed by atoms with Gasteiger partial charge in [-0.15, -0.1) is 0 Å². The average Bonchev–Trinajstić information content (AvgIpc) is 2.79. The van der Waals surface area contributed by atoms with Gasteiger partial charge in [0.25, 0.3) is 0 Å². The number of carbonyl (C=O) groups is 1. The fourth-order valence-corrected chi connectivity index (χ4v) is 2.26. The minimum atomic E-state index is -0.805. The van der Waals surface area contributed by atoms with E-state index in [0.29, 0.717) is 12.4 Å². The van der Waals surface area contributed by atoms with Crippen molar-refractivity contribution in [1.29, 1.82) is 0 Å². The maximum Gasteiger partial charge on any atom is 0.319 e. The van der Waals surface area contributed by atoms with Crippen LogP contribution < -0.4 is 0 Å². The lowest BCUT2D eigenvalue weighted by Crippen LogP contribution is -2.34. The van der Waals surface area contributed by atoms with Gasteiger partial charge in [0.2, 0.25) is 0 Å². The number of pyridine rings is 1. The molecule has 0 saturated carbocycles. The third-order valence-corrected chi connectivity index (χ3v) is 3.31. The first-order valence-electron chi connectivity index (χ1n) is 6.90. The molecule has 0 bridgehead atoms. The Balaban J connectivity index is 2.64. The van der Waals surface area contributed by atoms with Crippen molar-refractivity contribution in [2.45, 2.75) is 46.1 Å². The van der Waals surface area contributed by atoms with Crippen molar-refractivity contribution in [3.05, 3.63) is 24.2 Å². The fourth-order valence-electron chi connectivity index (χ4n) is 2.26. The van der Waals surface area contributed by atoms with E-state index in [2.05, 4.69) is 23.8 Å². The molecule has 2 aromatic heterocycles. The van der Waals surface area contributed by atoms with Crippen molar-refractivity contribution in [2.24, 2.45) is 0 Å². The maximum atomic E-state index is 12.2. The van der Waals surface area contributed by atoms with Crippen molar-refractivity contribution in [2.75, 3.05) is 6.61 Å². The molecule has 2 rings (SSSR count). The zero-order valence-electron chi connectivity index (χ0n) is 12.7. The topological polar surface area (TPSA) is 57.0 Å². The van der Waals surface area contributed by atoms with Gasteiger partial charge in [0, 0.05) is 12.2 Å². The molecule has 0 spiro atoms. The van der Waals surface area contributed by atoms with Gasteiger partial charge in [-0.05, 0) is 46.8 Å². The highest BCUT2D eigenvalue weighted by atomic mass is 16.5. The van der Waals surface area contributed by atoms with Crippen LogP contribution in [0.2, 0.25) is 0 Å². The Morgan fingerprint density at radius 2 is 2.15 bits per heavy atom.